The third kappa shape index (κ3) is 2.24. The lowest BCUT2D eigenvalue weighted by Gasteiger charge is -2.17. The number of aromatic nitrogens is 2. The zero-order valence-corrected chi connectivity index (χ0v) is 13.6. The minimum absolute atomic E-state index is 0.0692. The first-order valence-electron chi connectivity index (χ1n) is 8.19. The number of hydrogen-bond donors (Lipinski definition) is 0. The van der Waals surface area contributed by atoms with Crippen LogP contribution in [0.4, 0.5) is 5.69 Å². The number of rotatable bonds is 3. The Balaban J connectivity index is 1.57. The van der Waals surface area contributed by atoms with E-state index >= 15 is 0 Å². The minimum atomic E-state index is -0.0779. The van der Waals surface area contributed by atoms with Crippen molar-refractivity contribution < 1.29 is 4.79 Å². The predicted molar refractivity (Wildman–Crippen MR) is 94.3 cm³/mol. The van der Waals surface area contributed by atoms with Crippen LogP contribution in [0.3, 0.4) is 0 Å². The zero-order chi connectivity index (χ0) is 16.7. The zero-order valence-electron chi connectivity index (χ0n) is 13.6. The van der Waals surface area contributed by atoms with E-state index in [0.29, 0.717) is 13.0 Å². The Bertz CT molecular complexity index is 984. The molecule has 0 atom stereocenters. The van der Waals surface area contributed by atoms with Gasteiger partial charge in [0.05, 0.1) is 11.0 Å². The molecule has 4 rings (SSSR count). The van der Waals surface area contributed by atoms with E-state index < -0.39 is 0 Å². The third-order valence-corrected chi connectivity index (χ3v) is 4.79. The van der Waals surface area contributed by atoms with Crippen molar-refractivity contribution in [2.24, 2.45) is 7.05 Å². The molecular formula is C19H19N3O2. The smallest absolute Gasteiger partial charge is 0.312 e. The number of hydrogen-bond acceptors (Lipinski definition) is 2. The van der Waals surface area contributed by atoms with Gasteiger partial charge in [-0.1, -0.05) is 30.3 Å². The molecule has 0 spiro atoms. The van der Waals surface area contributed by atoms with Crippen LogP contribution in [-0.4, -0.2) is 21.6 Å². The maximum absolute atomic E-state index is 12.6. The first kappa shape index (κ1) is 14.8. The number of imidazole rings is 1. The molecule has 0 fully saturated rings. The van der Waals surface area contributed by atoms with Crippen LogP contribution < -0.4 is 10.6 Å². The largest absolute Gasteiger partial charge is 0.328 e. The summed E-state index contributed by atoms with van der Waals surface area (Å²) in [6.07, 6.45) is 1.22. The number of benzene rings is 2. The van der Waals surface area contributed by atoms with Gasteiger partial charge in [0.15, 0.2) is 0 Å². The molecule has 0 saturated heterocycles. The van der Waals surface area contributed by atoms with Gasteiger partial charge in [-0.05, 0) is 30.2 Å². The molecule has 0 saturated carbocycles. The highest BCUT2D eigenvalue weighted by Gasteiger charge is 2.24. The number of nitrogens with zero attached hydrogens (tertiary/aromatic N) is 3. The average molecular weight is 321 g/mol. The van der Waals surface area contributed by atoms with Gasteiger partial charge in [-0.25, -0.2) is 4.79 Å². The summed E-state index contributed by atoms with van der Waals surface area (Å²) in [4.78, 5) is 26.9. The fourth-order valence-electron chi connectivity index (χ4n) is 3.52. The van der Waals surface area contributed by atoms with Crippen molar-refractivity contribution in [3.8, 4) is 0 Å². The molecule has 5 nitrogen and oxygen atoms in total. The van der Waals surface area contributed by atoms with E-state index in [1.54, 1.807) is 16.2 Å². The van der Waals surface area contributed by atoms with Gasteiger partial charge in [-0.2, -0.15) is 0 Å². The molecule has 122 valence electrons. The summed E-state index contributed by atoms with van der Waals surface area (Å²) >= 11 is 0. The van der Waals surface area contributed by atoms with E-state index in [4.69, 9.17) is 0 Å². The number of carbonyl (C=O) groups is 1. The van der Waals surface area contributed by atoms with Gasteiger partial charge in [0.2, 0.25) is 5.91 Å². The number of amides is 1. The maximum atomic E-state index is 12.6. The molecule has 0 unspecified atom stereocenters. The van der Waals surface area contributed by atoms with Crippen LogP contribution in [-0.2, 0) is 24.8 Å². The summed E-state index contributed by atoms with van der Waals surface area (Å²) in [6, 6.07) is 15.7. The molecule has 0 bridgehead atoms. The van der Waals surface area contributed by atoms with Gasteiger partial charge < -0.3 is 4.90 Å². The van der Waals surface area contributed by atoms with Crippen LogP contribution in [0.2, 0.25) is 0 Å². The molecule has 2 aromatic carbocycles. The molecular weight excluding hydrogens is 302 g/mol. The second kappa shape index (κ2) is 5.67. The monoisotopic (exact) mass is 321 g/mol. The molecule has 1 aliphatic heterocycles. The fourth-order valence-corrected chi connectivity index (χ4v) is 3.52. The number of para-hydroxylation sites is 3. The third-order valence-electron chi connectivity index (χ3n) is 4.79. The first-order valence-corrected chi connectivity index (χ1v) is 8.19. The highest BCUT2D eigenvalue weighted by atomic mass is 16.2. The maximum Gasteiger partial charge on any atom is 0.328 e. The topological polar surface area (TPSA) is 47.2 Å². The Morgan fingerprint density at radius 3 is 2.58 bits per heavy atom. The molecule has 24 heavy (non-hydrogen) atoms. The van der Waals surface area contributed by atoms with Crippen molar-refractivity contribution in [3.63, 3.8) is 0 Å². The second-order valence-corrected chi connectivity index (χ2v) is 6.16. The standard InChI is InChI=1S/C19H19N3O2/c1-20-16-8-4-5-9-17(16)22(19(20)24)13-11-18(23)21-12-10-14-6-2-3-7-15(14)21/h2-9H,10-13H2,1H3. The van der Waals surface area contributed by atoms with Gasteiger partial charge in [0, 0.05) is 32.2 Å². The molecule has 0 radical (unpaired) electrons. The van der Waals surface area contributed by atoms with Crippen LogP contribution in [0.5, 0.6) is 0 Å². The Labute approximate surface area is 139 Å². The quantitative estimate of drug-likeness (QED) is 0.743. The second-order valence-electron chi connectivity index (χ2n) is 6.16. The van der Waals surface area contributed by atoms with Gasteiger partial charge in [-0.15, -0.1) is 0 Å². The lowest BCUT2D eigenvalue weighted by Crippen LogP contribution is -2.31. The van der Waals surface area contributed by atoms with Gasteiger partial charge in [0.1, 0.15) is 0 Å². The summed E-state index contributed by atoms with van der Waals surface area (Å²) in [7, 11) is 1.76. The van der Waals surface area contributed by atoms with Gasteiger partial charge in [0.25, 0.3) is 0 Å². The summed E-state index contributed by atoms with van der Waals surface area (Å²) in [5.74, 6) is 0.0692. The van der Waals surface area contributed by atoms with Crippen LogP contribution in [0.15, 0.2) is 53.3 Å². The molecule has 2 heterocycles. The molecule has 0 N–H and O–H groups in total. The fraction of sp³-hybridized carbons (Fsp3) is 0.263. The van der Waals surface area contributed by atoms with E-state index in [-0.39, 0.29) is 11.6 Å². The molecule has 3 aromatic rings. The number of aryl methyl sites for hydroxylation is 2. The SMILES string of the molecule is Cn1c(=O)n(CCC(=O)N2CCc3ccccc32)c2ccccc21. The Morgan fingerprint density at radius 2 is 1.75 bits per heavy atom. The molecule has 1 aromatic heterocycles. The molecule has 5 heteroatoms. The van der Waals surface area contributed by atoms with Crippen molar-refractivity contribution in [3.05, 3.63) is 64.6 Å². The number of anilines is 1. The summed E-state index contributed by atoms with van der Waals surface area (Å²) in [5, 5.41) is 0. The molecule has 1 amide bonds. The normalized spacial score (nSPS) is 13.5. The summed E-state index contributed by atoms with van der Waals surface area (Å²) in [5.41, 5.74) is 3.91. The van der Waals surface area contributed by atoms with Crippen molar-refractivity contribution in [1.82, 2.24) is 9.13 Å². The van der Waals surface area contributed by atoms with Crippen molar-refractivity contribution >= 4 is 22.6 Å². The number of fused-ring (bicyclic) bond motifs is 2. The van der Waals surface area contributed by atoms with Crippen molar-refractivity contribution in [2.75, 3.05) is 11.4 Å². The molecule has 1 aliphatic rings. The van der Waals surface area contributed by atoms with E-state index in [1.165, 1.54) is 5.56 Å². The van der Waals surface area contributed by atoms with Crippen LogP contribution in [0.25, 0.3) is 11.0 Å². The van der Waals surface area contributed by atoms with Crippen LogP contribution >= 0.6 is 0 Å². The van der Waals surface area contributed by atoms with E-state index in [0.717, 1.165) is 29.7 Å². The van der Waals surface area contributed by atoms with Crippen LogP contribution in [0.1, 0.15) is 12.0 Å². The Hall–Kier alpha value is -2.82. The van der Waals surface area contributed by atoms with E-state index in [2.05, 4.69) is 6.07 Å². The average Bonchev–Trinajstić information content (AvgIpc) is 3.14. The highest BCUT2D eigenvalue weighted by Crippen LogP contribution is 2.28. The predicted octanol–water partition coefficient (Wildman–Crippen LogP) is 2.32. The summed E-state index contributed by atoms with van der Waals surface area (Å²) < 4.78 is 3.32. The Morgan fingerprint density at radius 1 is 1.04 bits per heavy atom. The van der Waals surface area contributed by atoms with E-state index in [9.17, 15) is 9.59 Å². The first-order chi connectivity index (χ1) is 11.7. The molecule has 0 aliphatic carbocycles. The summed E-state index contributed by atoms with van der Waals surface area (Å²) in [6.45, 7) is 1.13. The van der Waals surface area contributed by atoms with Gasteiger partial charge in [-0.3, -0.25) is 13.9 Å². The van der Waals surface area contributed by atoms with E-state index in [1.807, 2.05) is 47.4 Å². The Kier molecular flexibility index (Phi) is 3.49. The minimum Gasteiger partial charge on any atom is -0.312 e. The lowest BCUT2D eigenvalue weighted by molar-refractivity contribution is -0.118. The number of carbonyl (C=O) groups excluding carboxylic acids is 1. The van der Waals surface area contributed by atoms with Crippen molar-refractivity contribution in [2.45, 2.75) is 19.4 Å². The highest BCUT2D eigenvalue weighted by molar-refractivity contribution is 5.95. The van der Waals surface area contributed by atoms with Crippen molar-refractivity contribution in [1.29, 1.82) is 0 Å². The van der Waals surface area contributed by atoms with Crippen LogP contribution in [0, 0.1) is 0 Å². The van der Waals surface area contributed by atoms with Gasteiger partial charge >= 0.3 is 5.69 Å². The lowest BCUT2D eigenvalue weighted by atomic mass is 10.2.